The molecule has 12 heteroatoms. The summed E-state index contributed by atoms with van der Waals surface area (Å²) in [6, 6.07) is 0. The zero-order valence-corrected chi connectivity index (χ0v) is 35.8. The van der Waals surface area contributed by atoms with Crippen molar-refractivity contribution in [3.63, 3.8) is 0 Å². The number of aliphatic imine (C=N–C) groups is 1. The van der Waals surface area contributed by atoms with E-state index in [-0.39, 0.29) is 149 Å². The minimum absolute atomic E-state index is 0. The number of carbonyl (C=O) groups excluding carboxylic acids is 4. The molecule has 2 aliphatic heterocycles. The van der Waals surface area contributed by atoms with Crippen LogP contribution in [-0.4, -0.2) is 50.1 Å². The number of nitrogens with two attached hydrogens (primary N) is 2. The second-order valence-electron chi connectivity index (χ2n) is 4.34. The Morgan fingerprint density at radius 2 is 1.32 bits per heavy atom. The van der Waals surface area contributed by atoms with Crippen LogP contribution in [0.4, 0.5) is 0 Å². The summed E-state index contributed by atoms with van der Waals surface area (Å²) in [4.78, 5) is 39.7. The summed E-state index contributed by atoms with van der Waals surface area (Å²) in [6.07, 6.45) is 10.8. The van der Waals surface area contributed by atoms with Crippen LogP contribution in [0.5, 0.6) is 0 Å². The zero-order chi connectivity index (χ0) is 28.7. The maximum atomic E-state index is 9.53. The Balaban J connectivity index is -0.0000000194. The Labute approximate surface area is 330 Å². The summed E-state index contributed by atoms with van der Waals surface area (Å²) < 4.78 is 4.64. The van der Waals surface area contributed by atoms with Crippen molar-refractivity contribution in [2.75, 3.05) is 6.54 Å². The summed E-state index contributed by atoms with van der Waals surface area (Å²) >= 11 is 0. The first-order chi connectivity index (χ1) is 15.9. The van der Waals surface area contributed by atoms with E-state index in [0.717, 1.165) is 6.54 Å². The number of ether oxygens (including phenoxy) is 1. The smallest absolute Gasteiger partial charge is 0.126 e. The van der Waals surface area contributed by atoms with E-state index in [1.807, 2.05) is 19.9 Å². The minimum Gasteiger partial charge on any atom is -0.545 e. The van der Waals surface area contributed by atoms with Crippen molar-refractivity contribution in [1.82, 2.24) is 0 Å². The van der Waals surface area contributed by atoms with Gasteiger partial charge < -0.3 is 56.6 Å². The molecular formula is C25H47N3O5Y4-8. The van der Waals surface area contributed by atoms with Gasteiger partial charge in [-0.05, 0) is 39.7 Å². The molecular weight excluding hydrogens is 778 g/mol. The van der Waals surface area contributed by atoms with Gasteiger partial charge in [-0.2, -0.15) is 45.6 Å². The van der Waals surface area contributed by atoms with Gasteiger partial charge in [-0.3, -0.25) is 18.5 Å². The Bertz CT molecular complexity index is 439. The van der Waals surface area contributed by atoms with Gasteiger partial charge in [0.05, 0.1) is 6.10 Å². The molecule has 0 saturated carbocycles. The van der Waals surface area contributed by atoms with Crippen molar-refractivity contribution < 1.29 is 155 Å². The largest absolute Gasteiger partial charge is 0.545 e. The van der Waals surface area contributed by atoms with Gasteiger partial charge in [-0.25, -0.2) is 18.4 Å². The van der Waals surface area contributed by atoms with Gasteiger partial charge >= 0.3 is 0 Å². The van der Waals surface area contributed by atoms with Crippen molar-refractivity contribution in [3.8, 4) is 0 Å². The summed E-state index contributed by atoms with van der Waals surface area (Å²) in [6.45, 7) is 32.8. The van der Waals surface area contributed by atoms with Crippen molar-refractivity contribution in [3.05, 3.63) is 51.5 Å². The standard InChI is InChI=1S/C5H6N.C4H5O2.C4H5O.C3H6O.4C2H5.CHO.H4N2.4Y/c1-5-2-3-6-4-5;1-3-4(2-5)6-3;1-2-3-4-5;1-3(2)4;6*1-2;;;;/h2H,4H2,1H3;3-4H,1H3;2-3H,1H3;1-2H3;4*1H2,2H3;1H;1-2H2;;;;/q3*-1;;5*-1;;;;;/b;;3-2+;;;;;;;;;;;. The maximum absolute atomic E-state index is 9.53. The third kappa shape index (κ3) is 136. The van der Waals surface area contributed by atoms with E-state index >= 15 is 0 Å². The molecule has 0 aromatic carbocycles. The quantitative estimate of drug-likeness (QED) is 0.107. The van der Waals surface area contributed by atoms with Crippen LogP contribution in [0, 0.1) is 27.7 Å². The van der Waals surface area contributed by atoms with Crippen molar-refractivity contribution in [2.45, 2.75) is 74.5 Å². The molecule has 8 nitrogen and oxygen atoms in total. The SMILES string of the molecule is C/C=C/[C-]=O.CC(C)=O.CC1=C[C-]=NC1.CC1OC1[C-]=O.NN.[CH-]=O.[CH2-]C.[CH2-]C.[CH2-]C.[CH2-]C.[Y].[Y].[Y].[Y]. The van der Waals surface area contributed by atoms with Crippen LogP contribution >= 0.6 is 0 Å². The molecule has 0 aromatic heterocycles. The number of nitrogens with zero attached hydrogens (tertiary/aromatic N) is 1. The molecule has 2 atom stereocenters. The van der Waals surface area contributed by atoms with E-state index in [2.05, 4.69) is 62.1 Å². The average molecular weight is 825 g/mol. The monoisotopic (exact) mass is 825 g/mol. The Morgan fingerprint density at radius 3 is 1.35 bits per heavy atom. The van der Waals surface area contributed by atoms with E-state index in [9.17, 15) is 14.4 Å². The van der Waals surface area contributed by atoms with Gasteiger partial charge in [0.2, 0.25) is 0 Å². The molecule has 0 amide bonds. The predicted octanol–water partition coefficient (Wildman–Crippen LogP) is 3.94. The molecule has 0 aliphatic carbocycles. The first kappa shape index (κ1) is 77.3. The topological polar surface area (TPSA) is 145 Å². The first-order valence-electron chi connectivity index (χ1n) is 9.85. The van der Waals surface area contributed by atoms with Gasteiger partial charge in [0.1, 0.15) is 5.78 Å². The molecule has 1 fully saturated rings. The van der Waals surface area contributed by atoms with Crippen LogP contribution in [-0.2, 0) is 155 Å². The normalized spacial score (nSPS) is 12.7. The molecule has 4 radical (unpaired) electrons. The molecule has 37 heavy (non-hydrogen) atoms. The van der Waals surface area contributed by atoms with E-state index in [1.54, 1.807) is 53.3 Å². The Hall–Kier alpha value is 2.13. The van der Waals surface area contributed by atoms with E-state index in [0.29, 0.717) is 0 Å². The van der Waals surface area contributed by atoms with Crippen molar-refractivity contribution >= 4 is 31.4 Å². The molecule has 212 valence electrons. The van der Waals surface area contributed by atoms with Gasteiger partial charge in [0.25, 0.3) is 0 Å². The van der Waals surface area contributed by atoms with Crippen molar-refractivity contribution in [2.24, 2.45) is 16.7 Å². The summed E-state index contributed by atoms with van der Waals surface area (Å²) in [5.74, 6) is 8.17. The Kier molecular flexibility index (Phi) is 205. The number of ketones is 1. The third-order valence-corrected chi connectivity index (χ3v) is 1.79. The van der Waals surface area contributed by atoms with E-state index in [4.69, 9.17) is 4.79 Å². The van der Waals surface area contributed by atoms with Crippen LogP contribution in [0.1, 0.15) is 62.3 Å². The van der Waals surface area contributed by atoms with Crippen LogP contribution in [0.25, 0.3) is 0 Å². The number of carbonyl (C=O) groups is 1. The number of Topliss-reactive ketones (excluding diaryl/α,β-unsaturated/α-hetero) is 1. The van der Waals surface area contributed by atoms with Crippen LogP contribution in [0.15, 0.2) is 28.8 Å². The van der Waals surface area contributed by atoms with Crippen LogP contribution in [0.3, 0.4) is 0 Å². The second-order valence-corrected chi connectivity index (χ2v) is 4.34. The minimum atomic E-state index is -0.204. The fourth-order valence-corrected chi connectivity index (χ4v) is 0.749. The number of hydrazine groups is 1. The Morgan fingerprint density at radius 1 is 1.03 bits per heavy atom. The number of epoxide rings is 1. The molecule has 0 aromatic rings. The summed E-state index contributed by atoms with van der Waals surface area (Å²) in [7, 11) is 0. The molecule has 2 rings (SSSR count). The fourth-order valence-electron chi connectivity index (χ4n) is 0.749. The average Bonchev–Trinajstić information content (AvgIpc) is 3.40. The molecule has 4 N–H and O–H groups in total. The van der Waals surface area contributed by atoms with Crippen LogP contribution < -0.4 is 11.7 Å². The van der Waals surface area contributed by atoms with Crippen LogP contribution in [0.2, 0.25) is 0 Å². The summed E-state index contributed by atoms with van der Waals surface area (Å²) in [5, 5.41) is 0. The molecule has 2 heterocycles. The third-order valence-electron chi connectivity index (χ3n) is 1.79. The van der Waals surface area contributed by atoms with Gasteiger partial charge in [-0.1, -0.05) is 0 Å². The van der Waals surface area contributed by atoms with Gasteiger partial charge in [0.15, 0.2) is 0 Å². The first-order valence-corrected chi connectivity index (χ1v) is 9.85. The molecule has 0 bridgehead atoms. The summed E-state index contributed by atoms with van der Waals surface area (Å²) in [5.41, 5.74) is 1.30. The number of allylic oxidation sites excluding steroid dienone is 3. The molecule has 2 unspecified atom stereocenters. The fraction of sp³-hybridized carbons (Fsp3) is 0.480. The van der Waals surface area contributed by atoms with E-state index in [1.165, 1.54) is 25.5 Å². The van der Waals surface area contributed by atoms with Gasteiger partial charge in [0, 0.05) is 131 Å². The predicted molar refractivity (Wildman–Crippen MR) is 142 cm³/mol. The molecule has 1 saturated heterocycles. The number of hydrogen-bond acceptors (Lipinski definition) is 8. The van der Waals surface area contributed by atoms with Crippen molar-refractivity contribution in [1.29, 1.82) is 0 Å². The zero-order valence-electron chi connectivity index (χ0n) is 24.5. The maximum Gasteiger partial charge on any atom is 0.126 e. The number of hydrogen-bond donors (Lipinski definition) is 2. The van der Waals surface area contributed by atoms with Gasteiger partial charge in [-0.15, -0.1) is 13.8 Å². The molecule has 0 spiro atoms. The second kappa shape index (κ2) is 98.3. The molecule has 2 aliphatic rings. The number of rotatable bonds is 2. The van der Waals surface area contributed by atoms with E-state index < -0.39 is 0 Å².